The third-order valence-corrected chi connectivity index (χ3v) is 5.79. The van der Waals surface area contributed by atoms with E-state index in [9.17, 15) is 4.79 Å². The first-order chi connectivity index (χ1) is 15.7. The summed E-state index contributed by atoms with van der Waals surface area (Å²) in [5.41, 5.74) is 4.00. The zero-order valence-electron chi connectivity index (χ0n) is 18.1. The Hall–Kier alpha value is -3.73. The van der Waals surface area contributed by atoms with Gasteiger partial charge in [-0.25, -0.2) is 0 Å². The molecule has 0 saturated heterocycles. The summed E-state index contributed by atoms with van der Waals surface area (Å²) in [5.74, 6) is 1.67. The average Bonchev–Trinajstić information content (AvgIpc) is 3.59. The van der Waals surface area contributed by atoms with E-state index in [1.807, 2.05) is 60.7 Å². The number of methoxy groups -OCH3 is 1. The summed E-state index contributed by atoms with van der Waals surface area (Å²) in [4.78, 5) is 12.5. The number of carbonyl (C=O) groups excluding carboxylic acids is 1. The summed E-state index contributed by atoms with van der Waals surface area (Å²) in [7, 11) is 1.67. The highest BCUT2D eigenvalue weighted by Gasteiger charge is 2.24. The molecule has 1 aliphatic rings. The van der Waals surface area contributed by atoms with Crippen molar-refractivity contribution < 1.29 is 14.3 Å². The Labute approximate surface area is 187 Å². The summed E-state index contributed by atoms with van der Waals surface area (Å²) < 4.78 is 13.6. The number of carbonyl (C=O) groups is 1. The van der Waals surface area contributed by atoms with Crippen LogP contribution in [-0.2, 0) is 13.2 Å². The Morgan fingerprint density at radius 3 is 2.47 bits per heavy atom. The summed E-state index contributed by atoms with van der Waals surface area (Å²) in [6.07, 6.45) is 2.15. The Balaban J connectivity index is 1.47. The quantitative estimate of drug-likeness (QED) is 0.423. The van der Waals surface area contributed by atoms with Crippen LogP contribution in [0.4, 0.5) is 0 Å². The largest absolute Gasteiger partial charge is 0.497 e. The number of ether oxygens (including phenoxy) is 2. The fourth-order valence-corrected chi connectivity index (χ4v) is 3.86. The van der Waals surface area contributed by atoms with E-state index in [0.29, 0.717) is 24.8 Å². The minimum Gasteiger partial charge on any atom is -0.497 e. The highest BCUT2D eigenvalue weighted by molar-refractivity contribution is 5.98. The number of hydrogen-bond acceptors (Lipinski definition) is 3. The van der Waals surface area contributed by atoms with Gasteiger partial charge in [0.25, 0.3) is 5.91 Å². The van der Waals surface area contributed by atoms with Gasteiger partial charge in [-0.2, -0.15) is 0 Å². The van der Waals surface area contributed by atoms with E-state index in [0.717, 1.165) is 40.9 Å². The van der Waals surface area contributed by atoms with E-state index >= 15 is 0 Å². The van der Waals surface area contributed by atoms with Crippen LogP contribution >= 0.6 is 0 Å². The van der Waals surface area contributed by atoms with Gasteiger partial charge in [-0.3, -0.25) is 4.79 Å². The van der Waals surface area contributed by atoms with Crippen molar-refractivity contribution in [1.29, 1.82) is 0 Å². The van der Waals surface area contributed by atoms with Gasteiger partial charge in [-0.15, -0.1) is 0 Å². The number of hydrogen-bond donors (Lipinski definition) is 1. The highest BCUT2D eigenvalue weighted by Crippen LogP contribution is 2.26. The second-order valence-corrected chi connectivity index (χ2v) is 8.19. The maximum absolute atomic E-state index is 12.5. The molecule has 162 valence electrons. The van der Waals surface area contributed by atoms with E-state index < -0.39 is 0 Å². The summed E-state index contributed by atoms with van der Waals surface area (Å²) >= 11 is 0. The molecule has 5 nitrogen and oxygen atoms in total. The van der Waals surface area contributed by atoms with Gasteiger partial charge in [0.15, 0.2) is 0 Å². The van der Waals surface area contributed by atoms with Crippen molar-refractivity contribution in [2.45, 2.75) is 32.0 Å². The molecule has 0 aliphatic heterocycles. The van der Waals surface area contributed by atoms with Crippen LogP contribution in [0.3, 0.4) is 0 Å². The number of nitrogens with one attached hydrogen (secondary N) is 1. The molecule has 1 aliphatic carbocycles. The zero-order valence-corrected chi connectivity index (χ0v) is 18.1. The fraction of sp³-hybridized carbons (Fsp3) is 0.222. The molecule has 32 heavy (non-hydrogen) atoms. The maximum atomic E-state index is 12.5. The number of fused-ring (bicyclic) bond motifs is 1. The van der Waals surface area contributed by atoms with Gasteiger partial charge < -0.3 is 19.4 Å². The lowest BCUT2D eigenvalue weighted by atomic mass is 10.1. The van der Waals surface area contributed by atoms with E-state index in [4.69, 9.17) is 9.47 Å². The predicted octanol–water partition coefficient (Wildman–Crippen LogP) is 5.17. The third kappa shape index (κ3) is 4.47. The Morgan fingerprint density at radius 2 is 1.75 bits per heavy atom. The molecule has 5 rings (SSSR count). The van der Waals surface area contributed by atoms with Crippen LogP contribution in [0.15, 0.2) is 78.9 Å². The summed E-state index contributed by atoms with van der Waals surface area (Å²) in [5, 5.41) is 4.11. The Bertz CT molecular complexity index is 1230. The van der Waals surface area contributed by atoms with E-state index in [1.165, 1.54) is 5.56 Å². The zero-order chi connectivity index (χ0) is 21.9. The van der Waals surface area contributed by atoms with Gasteiger partial charge in [0.05, 0.1) is 12.8 Å². The number of rotatable bonds is 8. The van der Waals surface area contributed by atoms with Gasteiger partial charge in [-0.1, -0.05) is 30.3 Å². The SMILES string of the molecule is COc1ccc(Cn2c(COc3ccccc3)cc3cc(C(=O)NC4CC4)ccc32)cc1. The van der Waals surface area contributed by atoms with Crippen LogP contribution in [-0.4, -0.2) is 23.6 Å². The molecule has 1 fully saturated rings. The molecule has 1 N–H and O–H groups in total. The third-order valence-electron chi connectivity index (χ3n) is 5.79. The molecule has 1 aromatic heterocycles. The van der Waals surface area contributed by atoms with Crippen molar-refractivity contribution in [1.82, 2.24) is 9.88 Å². The van der Waals surface area contributed by atoms with Crippen LogP contribution in [0.5, 0.6) is 11.5 Å². The molecule has 4 aromatic rings. The molecular weight excluding hydrogens is 400 g/mol. The van der Waals surface area contributed by atoms with E-state index in [1.54, 1.807) is 7.11 Å². The molecule has 1 heterocycles. The van der Waals surface area contributed by atoms with Crippen molar-refractivity contribution in [3.8, 4) is 11.5 Å². The van der Waals surface area contributed by atoms with Gasteiger partial charge in [0, 0.05) is 29.1 Å². The molecule has 0 radical (unpaired) electrons. The van der Waals surface area contributed by atoms with Crippen LogP contribution in [0.2, 0.25) is 0 Å². The molecule has 0 unspecified atom stereocenters. The van der Waals surface area contributed by atoms with Crippen LogP contribution in [0.25, 0.3) is 10.9 Å². The second kappa shape index (κ2) is 8.79. The predicted molar refractivity (Wildman–Crippen MR) is 125 cm³/mol. The number of aromatic nitrogens is 1. The van der Waals surface area contributed by atoms with Gasteiger partial charge >= 0.3 is 0 Å². The first-order valence-electron chi connectivity index (χ1n) is 10.9. The van der Waals surface area contributed by atoms with Crippen LogP contribution in [0.1, 0.15) is 34.5 Å². The van der Waals surface area contributed by atoms with Crippen molar-refractivity contribution >= 4 is 16.8 Å². The lowest BCUT2D eigenvalue weighted by Crippen LogP contribution is -2.25. The van der Waals surface area contributed by atoms with Crippen molar-refractivity contribution in [2.75, 3.05) is 7.11 Å². The fourth-order valence-electron chi connectivity index (χ4n) is 3.86. The first-order valence-corrected chi connectivity index (χ1v) is 10.9. The molecule has 0 spiro atoms. The first kappa shape index (κ1) is 20.2. The monoisotopic (exact) mass is 426 g/mol. The molecule has 5 heteroatoms. The second-order valence-electron chi connectivity index (χ2n) is 8.19. The molecule has 1 amide bonds. The van der Waals surface area contributed by atoms with Gasteiger partial charge in [0.2, 0.25) is 0 Å². The average molecular weight is 427 g/mol. The summed E-state index contributed by atoms with van der Waals surface area (Å²) in [6.45, 7) is 1.15. The standard InChI is InChI=1S/C27H26N2O3/c1-31-24-12-7-19(8-13-24)17-29-23(18-32-25-5-3-2-4-6-25)16-21-15-20(9-14-26(21)29)27(30)28-22-10-11-22/h2-9,12-16,22H,10-11,17-18H2,1H3,(H,28,30). The molecule has 0 bridgehead atoms. The van der Waals surface area contributed by atoms with E-state index in [2.05, 4.69) is 28.1 Å². The topological polar surface area (TPSA) is 52.5 Å². The minimum absolute atomic E-state index is 0.000565. The normalized spacial score (nSPS) is 13.2. The molecule has 3 aromatic carbocycles. The van der Waals surface area contributed by atoms with Crippen LogP contribution in [0, 0.1) is 0 Å². The number of benzene rings is 3. The Morgan fingerprint density at radius 1 is 0.969 bits per heavy atom. The smallest absolute Gasteiger partial charge is 0.251 e. The lowest BCUT2D eigenvalue weighted by molar-refractivity contribution is 0.0951. The van der Waals surface area contributed by atoms with Gasteiger partial charge in [-0.05, 0) is 66.9 Å². The van der Waals surface area contributed by atoms with Crippen molar-refractivity contribution in [3.05, 3.63) is 95.7 Å². The number of nitrogens with zero attached hydrogens (tertiary/aromatic N) is 1. The Kier molecular flexibility index (Phi) is 5.55. The highest BCUT2D eigenvalue weighted by atomic mass is 16.5. The van der Waals surface area contributed by atoms with Crippen molar-refractivity contribution in [3.63, 3.8) is 0 Å². The molecular formula is C27H26N2O3. The maximum Gasteiger partial charge on any atom is 0.251 e. The summed E-state index contributed by atoms with van der Waals surface area (Å²) in [6, 6.07) is 26.3. The molecule has 0 atom stereocenters. The van der Waals surface area contributed by atoms with Crippen molar-refractivity contribution in [2.24, 2.45) is 0 Å². The lowest BCUT2D eigenvalue weighted by Gasteiger charge is -2.13. The van der Waals surface area contributed by atoms with Gasteiger partial charge in [0.1, 0.15) is 18.1 Å². The number of amides is 1. The van der Waals surface area contributed by atoms with Crippen LogP contribution < -0.4 is 14.8 Å². The van der Waals surface area contributed by atoms with E-state index in [-0.39, 0.29) is 5.91 Å². The minimum atomic E-state index is -0.000565. The molecule has 1 saturated carbocycles. The number of para-hydroxylation sites is 1.